The molecule has 1 amide bonds. The van der Waals surface area contributed by atoms with Gasteiger partial charge in [0.25, 0.3) is 0 Å². The van der Waals surface area contributed by atoms with Gasteiger partial charge in [-0.15, -0.1) is 0 Å². The number of anilines is 3. The summed E-state index contributed by atoms with van der Waals surface area (Å²) in [5.74, 6) is 1.22. The van der Waals surface area contributed by atoms with Crippen LogP contribution in [0.2, 0.25) is 0 Å². The lowest BCUT2D eigenvalue weighted by Crippen LogP contribution is -2.46. The quantitative estimate of drug-likeness (QED) is 0.625. The summed E-state index contributed by atoms with van der Waals surface area (Å²) < 4.78 is 0. The fourth-order valence-corrected chi connectivity index (χ4v) is 4.60. The number of likely N-dealkylation sites (N-methyl/N-ethyl adjacent to an activating group) is 1. The minimum atomic E-state index is -0.493. The number of carbonyl (C=O) groups is 1. The molecule has 1 aliphatic carbocycles. The molecular weight excluding hydrogens is 414 g/mol. The molecule has 0 atom stereocenters. The van der Waals surface area contributed by atoms with Crippen molar-refractivity contribution in [1.29, 1.82) is 0 Å². The van der Waals surface area contributed by atoms with Gasteiger partial charge in [0.1, 0.15) is 5.82 Å². The zero-order valence-electron chi connectivity index (χ0n) is 18.9. The molecule has 1 aliphatic heterocycles. The summed E-state index contributed by atoms with van der Waals surface area (Å²) in [6, 6.07) is 12.0. The number of nitrogens with one attached hydrogen (secondary N) is 1. The van der Waals surface area contributed by atoms with E-state index in [2.05, 4.69) is 37.1 Å². The third-order valence-electron chi connectivity index (χ3n) is 6.92. The van der Waals surface area contributed by atoms with Crippen LogP contribution < -0.4 is 16.0 Å². The Morgan fingerprint density at radius 3 is 2.30 bits per heavy atom. The smallest absolute Gasteiger partial charge is 0.235 e. The Morgan fingerprint density at radius 1 is 0.970 bits per heavy atom. The summed E-state index contributed by atoms with van der Waals surface area (Å²) >= 11 is 0. The van der Waals surface area contributed by atoms with Gasteiger partial charge < -0.3 is 20.9 Å². The minimum absolute atomic E-state index is 0.0489. The third kappa shape index (κ3) is 4.26. The number of hydrogen-bond acceptors (Lipinski definition) is 7. The van der Waals surface area contributed by atoms with Gasteiger partial charge in [-0.25, -0.2) is 15.0 Å². The Bertz CT molecular complexity index is 1120. The van der Waals surface area contributed by atoms with E-state index in [1.165, 1.54) is 0 Å². The molecule has 33 heavy (non-hydrogen) atoms. The molecule has 2 aromatic heterocycles. The second-order valence-electron chi connectivity index (χ2n) is 8.99. The maximum atomic E-state index is 13.5. The number of amides is 1. The van der Waals surface area contributed by atoms with E-state index in [9.17, 15) is 4.79 Å². The molecule has 0 bridgehead atoms. The van der Waals surface area contributed by atoms with E-state index >= 15 is 0 Å². The Hall–Kier alpha value is -3.52. The van der Waals surface area contributed by atoms with E-state index in [4.69, 9.17) is 5.73 Å². The highest BCUT2D eigenvalue weighted by molar-refractivity contribution is 6.00. The van der Waals surface area contributed by atoms with Crippen LogP contribution in [-0.4, -0.2) is 59.0 Å². The molecule has 8 nitrogen and oxygen atoms in total. The zero-order chi connectivity index (χ0) is 22.8. The first kappa shape index (κ1) is 21.3. The average Bonchev–Trinajstić information content (AvgIpc) is 2.80. The molecule has 1 saturated heterocycles. The number of piperazine rings is 1. The topological polar surface area (TPSA) is 100 Å². The SMILES string of the molecule is CN1CCN(c2cc(NC(=O)C3(c4ccc(-c5cnc(N)nc5)cc4)CCC3)ccn2)CC1. The van der Waals surface area contributed by atoms with Gasteiger partial charge in [0.15, 0.2) is 0 Å². The average molecular weight is 444 g/mol. The van der Waals surface area contributed by atoms with Gasteiger partial charge >= 0.3 is 0 Å². The Balaban J connectivity index is 1.32. The molecule has 1 aromatic carbocycles. The van der Waals surface area contributed by atoms with Crippen LogP contribution >= 0.6 is 0 Å². The number of benzene rings is 1. The van der Waals surface area contributed by atoms with Gasteiger partial charge in [-0.3, -0.25) is 4.79 Å². The van der Waals surface area contributed by atoms with Gasteiger partial charge in [-0.2, -0.15) is 0 Å². The fraction of sp³-hybridized carbons (Fsp3) is 0.360. The largest absolute Gasteiger partial charge is 0.368 e. The summed E-state index contributed by atoms with van der Waals surface area (Å²) in [4.78, 5) is 30.7. The highest BCUT2D eigenvalue weighted by atomic mass is 16.2. The first-order valence-corrected chi connectivity index (χ1v) is 11.4. The summed E-state index contributed by atoms with van der Waals surface area (Å²) in [5.41, 5.74) is 8.83. The lowest BCUT2D eigenvalue weighted by atomic mass is 9.63. The van der Waals surface area contributed by atoms with Crippen molar-refractivity contribution in [3.8, 4) is 11.1 Å². The van der Waals surface area contributed by atoms with Crippen molar-refractivity contribution in [3.63, 3.8) is 0 Å². The van der Waals surface area contributed by atoms with Gasteiger partial charge in [0, 0.05) is 62.1 Å². The lowest BCUT2D eigenvalue weighted by molar-refractivity contribution is -0.124. The number of aromatic nitrogens is 3. The van der Waals surface area contributed by atoms with Crippen molar-refractivity contribution in [2.45, 2.75) is 24.7 Å². The van der Waals surface area contributed by atoms with Gasteiger partial charge in [-0.1, -0.05) is 30.7 Å². The van der Waals surface area contributed by atoms with Crippen molar-refractivity contribution in [3.05, 3.63) is 60.6 Å². The van der Waals surface area contributed by atoms with E-state index < -0.39 is 5.41 Å². The second-order valence-corrected chi connectivity index (χ2v) is 8.99. The van der Waals surface area contributed by atoms with Crippen molar-refractivity contribution >= 4 is 23.4 Å². The zero-order valence-corrected chi connectivity index (χ0v) is 18.9. The molecule has 3 aromatic rings. The molecule has 2 fully saturated rings. The van der Waals surface area contributed by atoms with E-state index in [-0.39, 0.29) is 11.9 Å². The van der Waals surface area contributed by atoms with Crippen LogP contribution in [0.4, 0.5) is 17.5 Å². The van der Waals surface area contributed by atoms with Crippen LogP contribution in [0.15, 0.2) is 55.0 Å². The number of nitrogens with zero attached hydrogens (tertiary/aromatic N) is 5. The van der Waals surface area contributed by atoms with Crippen molar-refractivity contribution in [1.82, 2.24) is 19.9 Å². The molecule has 0 unspecified atom stereocenters. The van der Waals surface area contributed by atoms with Gasteiger partial charge in [-0.05, 0) is 37.1 Å². The Kier molecular flexibility index (Phi) is 5.68. The van der Waals surface area contributed by atoms with E-state index in [1.807, 2.05) is 36.4 Å². The van der Waals surface area contributed by atoms with Crippen molar-refractivity contribution in [2.75, 3.05) is 49.2 Å². The van der Waals surface area contributed by atoms with Crippen LogP contribution in [0.1, 0.15) is 24.8 Å². The predicted molar refractivity (Wildman–Crippen MR) is 130 cm³/mol. The van der Waals surface area contributed by atoms with Crippen molar-refractivity contribution < 1.29 is 4.79 Å². The molecule has 8 heteroatoms. The monoisotopic (exact) mass is 443 g/mol. The number of nitrogens with two attached hydrogens (primary N) is 1. The first-order valence-electron chi connectivity index (χ1n) is 11.4. The lowest BCUT2D eigenvalue weighted by Gasteiger charge is -2.41. The highest BCUT2D eigenvalue weighted by Gasteiger charge is 2.45. The van der Waals surface area contributed by atoms with Crippen LogP contribution in [-0.2, 0) is 10.2 Å². The molecule has 0 spiro atoms. The normalized spacial score (nSPS) is 17.9. The van der Waals surface area contributed by atoms with E-state index in [0.717, 1.165) is 73.6 Å². The predicted octanol–water partition coefficient (Wildman–Crippen LogP) is 2.93. The molecular formula is C25H29N7O. The number of pyridine rings is 1. The number of carbonyl (C=O) groups excluding carboxylic acids is 1. The van der Waals surface area contributed by atoms with Crippen molar-refractivity contribution in [2.24, 2.45) is 0 Å². The van der Waals surface area contributed by atoms with Crippen LogP contribution in [0.3, 0.4) is 0 Å². The van der Waals surface area contributed by atoms with Gasteiger partial charge in [0.05, 0.1) is 5.41 Å². The molecule has 3 N–H and O–H groups in total. The molecule has 5 rings (SSSR count). The number of rotatable bonds is 5. The molecule has 0 radical (unpaired) electrons. The van der Waals surface area contributed by atoms with E-state index in [1.54, 1.807) is 18.6 Å². The van der Waals surface area contributed by atoms with Gasteiger partial charge in [0.2, 0.25) is 11.9 Å². The second kappa shape index (κ2) is 8.78. The van der Waals surface area contributed by atoms with Crippen LogP contribution in [0.25, 0.3) is 11.1 Å². The molecule has 1 saturated carbocycles. The maximum absolute atomic E-state index is 13.5. The van der Waals surface area contributed by atoms with E-state index in [0.29, 0.717) is 0 Å². The third-order valence-corrected chi connectivity index (χ3v) is 6.92. The summed E-state index contributed by atoms with van der Waals surface area (Å²) in [6.45, 7) is 3.91. The van der Waals surface area contributed by atoms with Crippen LogP contribution in [0.5, 0.6) is 0 Å². The Labute approximate surface area is 193 Å². The summed E-state index contributed by atoms with van der Waals surface area (Å²) in [7, 11) is 2.13. The minimum Gasteiger partial charge on any atom is -0.368 e. The molecule has 170 valence electrons. The maximum Gasteiger partial charge on any atom is 0.235 e. The molecule has 2 aliphatic rings. The number of nitrogen functional groups attached to an aromatic ring is 1. The molecule has 3 heterocycles. The highest BCUT2D eigenvalue weighted by Crippen LogP contribution is 2.45. The standard InChI is InChI=1S/C25H29N7O/c1-31-11-13-32(14-12-31)22-15-21(7-10-27-22)30-23(33)25(8-2-9-25)20-5-3-18(4-6-20)19-16-28-24(26)29-17-19/h3-7,10,15-17H,2,8-9,11-14H2,1H3,(H2,26,28,29)(H,27,30,33). The fourth-order valence-electron chi connectivity index (χ4n) is 4.60. The summed E-state index contributed by atoms with van der Waals surface area (Å²) in [5, 5.41) is 3.17. The Morgan fingerprint density at radius 2 is 1.67 bits per heavy atom. The first-order chi connectivity index (χ1) is 16.0. The summed E-state index contributed by atoms with van der Waals surface area (Å²) in [6.07, 6.45) is 7.94. The number of hydrogen-bond donors (Lipinski definition) is 2. The van der Waals surface area contributed by atoms with Crippen LogP contribution in [0, 0.1) is 0 Å².